The van der Waals surface area contributed by atoms with Crippen molar-refractivity contribution in [2.24, 2.45) is 5.92 Å². The average molecular weight is 463 g/mol. The summed E-state index contributed by atoms with van der Waals surface area (Å²) in [5.41, 5.74) is 4.80. The lowest BCUT2D eigenvalue weighted by Crippen LogP contribution is -2.17. The van der Waals surface area contributed by atoms with E-state index in [9.17, 15) is 9.90 Å². The van der Waals surface area contributed by atoms with E-state index in [1.807, 2.05) is 61.5 Å². The molecule has 0 aliphatic carbocycles. The number of methoxy groups -OCH3 is 2. The fourth-order valence-electron chi connectivity index (χ4n) is 4.40. The second kappa shape index (κ2) is 12.2. The molecule has 180 valence electrons. The highest BCUT2D eigenvalue weighted by molar-refractivity contribution is 5.70. The molecule has 0 heterocycles. The summed E-state index contributed by atoms with van der Waals surface area (Å²) in [6, 6.07) is 21.8. The van der Waals surface area contributed by atoms with E-state index >= 15 is 0 Å². The zero-order valence-electron chi connectivity index (χ0n) is 20.2. The van der Waals surface area contributed by atoms with Crippen LogP contribution in [-0.4, -0.2) is 30.4 Å². The number of hydrogen-bond donors (Lipinski definition) is 2. The molecule has 34 heavy (non-hydrogen) atoms. The van der Waals surface area contributed by atoms with Crippen molar-refractivity contribution in [1.29, 1.82) is 0 Å². The normalized spacial score (nSPS) is 12.7. The SMILES string of the molecule is COc1cc(C(O)[C@H](CCCc2ccccc2)Cc2ccc(CC(=O)O)cc2)cc(OC)c1C. The van der Waals surface area contributed by atoms with Crippen LogP contribution in [0.25, 0.3) is 0 Å². The molecule has 2 N–H and O–H groups in total. The Kier molecular flexibility index (Phi) is 9.11. The van der Waals surface area contributed by atoms with E-state index in [1.165, 1.54) is 5.56 Å². The summed E-state index contributed by atoms with van der Waals surface area (Å²) < 4.78 is 11.0. The molecular weight excluding hydrogens is 428 g/mol. The van der Waals surface area contributed by atoms with Crippen LogP contribution in [-0.2, 0) is 24.1 Å². The monoisotopic (exact) mass is 462 g/mol. The number of aryl methyl sites for hydroxylation is 1. The van der Waals surface area contributed by atoms with E-state index in [-0.39, 0.29) is 12.3 Å². The molecule has 0 aromatic heterocycles. The first-order valence-corrected chi connectivity index (χ1v) is 11.7. The van der Waals surface area contributed by atoms with Crippen LogP contribution in [0.2, 0.25) is 0 Å². The third-order valence-electron chi connectivity index (χ3n) is 6.32. The lowest BCUT2D eigenvalue weighted by atomic mass is 9.85. The van der Waals surface area contributed by atoms with Gasteiger partial charge in [-0.2, -0.15) is 0 Å². The summed E-state index contributed by atoms with van der Waals surface area (Å²) in [6.45, 7) is 1.93. The Morgan fingerprint density at radius 1 is 0.882 bits per heavy atom. The number of aliphatic carboxylic acids is 1. The highest BCUT2D eigenvalue weighted by Gasteiger charge is 2.24. The highest BCUT2D eigenvalue weighted by Crippen LogP contribution is 2.36. The van der Waals surface area contributed by atoms with Crippen molar-refractivity contribution in [2.45, 2.75) is 45.1 Å². The van der Waals surface area contributed by atoms with Crippen LogP contribution in [0.5, 0.6) is 11.5 Å². The summed E-state index contributed by atoms with van der Waals surface area (Å²) in [5.74, 6) is 0.513. The molecule has 1 unspecified atom stereocenters. The van der Waals surface area contributed by atoms with E-state index < -0.39 is 12.1 Å². The molecule has 3 rings (SSSR count). The Bertz CT molecular complexity index is 1030. The number of ether oxygens (including phenoxy) is 2. The zero-order valence-corrected chi connectivity index (χ0v) is 20.2. The van der Waals surface area contributed by atoms with Crippen molar-refractivity contribution >= 4 is 5.97 Å². The molecular formula is C29H34O5. The van der Waals surface area contributed by atoms with E-state index in [2.05, 4.69) is 12.1 Å². The van der Waals surface area contributed by atoms with E-state index in [0.29, 0.717) is 17.9 Å². The smallest absolute Gasteiger partial charge is 0.307 e. The van der Waals surface area contributed by atoms with Gasteiger partial charge in [0.2, 0.25) is 0 Å². The Labute approximate surface area is 202 Å². The van der Waals surface area contributed by atoms with Gasteiger partial charge in [-0.3, -0.25) is 4.79 Å². The number of aliphatic hydroxyl groups excluding tert-OH is 1. The Morgan fingerprint density at radius 2 is 1.47 bits per heavy atom. The van der Waals surface area contributed by atoms with Crippen LogP contribution in [0.1, 0.15) is 46.8 Å². The van der Waals surface area contributed by atoms with Gasteiger partial charge in [-0.05, 0) is 72.9 Å². The third kappa shape index (κ3) is 6.84. The minimum absolute atomic E-state index is 0.00631. The fraction of sp³-hybridized carbons (Fsp3) is 0.345. The van der Waals surface area contributed by atoms with E-state index in [4.69, 9.17) is 14.6 Å². The Morgan fingerprint density at radius 3 is 2.03 bits per heavy atom. The predicted molar refractivity (Wildman–Crippen MR) is 134 cm³/mol. The number of aliphatic hydroxyl groups is 1. The molecule has 0 amide bonds. The van der Waals surface area contributed by atoms with Crippen LogP contribution in [0, 0.1) is 12.8 Å². The molecule has 5 nitrogen and oxygen atoms in total. The molecule has 3 aromatic rings. The van der Waals surface area contributed by atoms with Crippen molar-refractivity contribution in [3.8, 4) is 11.5 Å². The molecule has 0 bridgehead atoms. The summed E-state index contributed by atoms with van der Waals surface area (Å²) >= 11 is 0. The van der Waals surface area contributed by atoms with Gasteiger partial charge in [0.1, 0.15) is 11.5 Å². The first kappa shape index (κ1) is 25.3. The first-order chi connectivity index (χ1) is 16.4. The molecule has 5 heteroatoms. The first-order valence-electron chi connectivity index (χ1n) is 11.7. The predicted octanol–water partition coefficient (Wildman–Crippen LogP) is 5.55. The molecule has 0 saturated heterocycles. The lowest BCUT2D eigenvalue weighted by molar-refractivity contribution is -0.136. The standard InChI is InChI=1S/C29H34O5/c1-20-26(33-2)18-25(19-27(20)34-3)29(32)24(11-7-10-21-8-5-4-6-9-21)16-22-12-14-23(15-13-22)17-28(30)31/h4-6,8-9,12-15,18-19,24,29,32H,7,10-11,16-17H2,1-3H3,(H,30,31)/t24-,29?/m1/s1. The van der Waals surface area contributed by atoms with Crippen LogP contribution in [0.3, 0.4) is 0 Å². The maximum absolute atomic E-state index is 11.5. The summed E-state index contributed by atoms with van der Waals surface area (Å²) in [6.07, 6.45) is 2.72. The van der Waals surface area contributed by atoms with Crippen molar-refractivity contribution in [2.75, 3.05) is 14.2 Å². The van der Waals surface area contributed by atoms with Crippen molar-refractivity contribution < 1.29 is 24.5 Å². The Hall–Kier alpha value is -3.31. The lowest BCUT2D eigenvalue weighted by Gasteiger charge is -2.25. The van der Waals surface area contributed by atoms with Crippen LogP contribution < -0.4 is 9.47 Å². The second-order valence-corrected chi connectivity index (χ2v) is 8.72. The Balaban J connectivity index is 1.82. The quantitative estimate of drug-likeness (QED) is 0.369. The molecule has 2 atom stereocenters. The van der Waals surface area contributed by atoms with Crippen LogP contribution in [0.4, 0.5) is 0 Å². The van der Waals surface area contributed by atoms with Crippen molar-refractivity contribution in [3.63, 3.8) is 0 Å². The van der Waals surface area contributed by atoms with Crippen LogP contribution >= 0.6 is 0 Å². The van der Waals surface area contributed by atoms with Gasteiger partial charge >= 0.3 is 5.97 Å². The van der Waals surface area contributed by atoms with Crippen LogP contribution in [0.15, 0.2) is 66.7 Å². The fourth-order valence-corrected chi connectivity index (χ4v) is 4.40. The minimum atomic E-state index is -0.843. The maximum atomic E-state index is 11.5. The van der Waals surface area contributed by atoms with E-state index in [0.717, 1.165) is 41.5 Å². The maximum Gasteiger partial charge on any atom is 0.307 e. The second-order valence-electron chi connectivity index (χ2n) is 8.72. The average Bonchev–Trinajstić information content (AvgIpc) is 2.84. The highest BCUT2D eigenvalue weighted by atomic mass is 16.5. The van der Waals surface area contributed by atoms with Gasteiger partial charge in [-0.25, -0.2) is 0 Å². The minimum Gasteiger partial charge on any atom is -0.496 e. The van der Waals surface area contributed by atoms with Gasteiger partial charge in [0.15, 0.2) is 0 Å². The van der Waals surface area contributed by atoms with Crippen molar-refractivity contribution in [1.82, 2.24) is 0 Å². The largest absolute Gasteiger partial charge is 0.496 e. The van der Waals surface area contributed by atoms with E-state index in [1.54, 1.807) is 14.2 Å². The van der Waals surface area contributed by atoms with Gasteiger partial charge in [0.05, 0.1) is 26.7 Å². The number of hydrogen-bond acceptors (Lipinski definition) is 4. The molecule has 0 spiro atoms. The molecule has 0 aliphatic rings. The molecule has 0 saturated carbocycles. The van der Waals surface area contributed by atoms with Gasteiger partial charge in [0, 0.05) is 5.56 Å². The molecule has 0 fully saturated rings. The molecule has 0 aliphatic heterocycles. The number of carbonyl (C=O) groups is 1. The topological polar surface area (TPSA) is 76.0 Å². The number of carboxylic acid groups (broad SMARTS) is 1. The molecule has 3 aromatic carbocycles. The summed E-state index contributed by atoms with van der Waals surface area (Å²) in [4.78, 5) is 11.0. The van der Waals surface area contributed by atoms with Gasteiger partial charge in [-0.15, -0.1) is 0 Å². The van der Waals surface area contributed by atoms with Crippen molar-refractivity contribution in [3.05, 3.63) is 94.5 Å². The number of rotatable bonds is 12. The third-order valence-corrected chi connectivity index (χ3v) is 6.32. The number of carboxylic acids is 1. The summed E-state index contributed by atoms with van der Waals surface area (Å²) in [7, 11) is 3.24. The molecule has 0 radical (unpaired) electrons. The number of benzene rings is 3. The van der Waals surface area contributed by atoms with Gasteiger partial charge in [0.25, 0.3) is 0 Å². The zero-order chi connectivity index (χ0) is 24.5. The van der Waals surface area contributed by atoms with Gasteiger partial charge in [-0.1, -0.05) is 54.6 Å². The summed E-state index contributed by atoms with van der Waals surface area (Å²) in [5, 5.41) is 20.5. The van der Waals surface area contributed by atoms with Gasteiger partial charge < -0.3 is 19.7 Å².